The van der Waals surface area contributed by atoms with Crippen LogP contribution in [0, 0.1) is 5.82 Å². The Morgan fingerprint density at radius 3 is 2.46 bits per heavy atom. The number of carbonyl (C=O) groups excluding carboxylic acids is 1. The molecule has 3 rings (SSSR count). The van der Waals surface area contributed by atoms with E-state index in [1.807, 2.05) is 17.0 Å². The van der Waals surface area contributed by atoms with Gasteiger partial charge in [0, 0.05) is 38.1 Å². The summed E-state index contributed by atoms with van der Waals surface area (Å²) in [6.07, 6.45) is 1.40. The molecule has 26 heavy (non-hydrogen) atoms. The lowest BCUT2D eigenvalue weighted by atomic mass is 10.2. The van der Waals surface area contributed by atoms with E-state index >= 15 is 0 Å². The van der Waals surface area contributed by atoms with Crippen molar-refractivity contribution >= 4 is 28.2 Å². The molecular formula is C18H20FN3O3S. The predicted molar refractivity (Wildman–Crippen MR) is 99.6 cm³/mol. The maximum Gasteiger partial charge on any atom is 0.321 e. The Morgan fingerprint density at radius 1 is 1.15 bits per heavy atom. The Bertz CT molecular complexity index is 838. The monoisotopic (exact) mass is 377 g/mol. The Balaban J connectivity index is 1.60. The highest BCUT2D eigenvalue weighted by atomic mass is 32.2. The summed E-state index contributed by atoms with van der Waals surface area (Å²) in [4.78, 5) is 16.1. The fourth-order valence-electron chi connectivity index (χ4n) is 2.90. The molecule has 1 saturated heterocycles. The fraction of sp³-hybridized carbons (Fsp3) is 0.278. The molecule has 2 N–H and O–H groups in total. The molecule has 1 atom stereocenters. The van der Waals surface area contributed by atoms with Gasteiger partial charge in [-0.3, -0.25) is 4.21 Å². The van der Waals surface area contributed by atoms with Crippen LogP contribution in [0.3, 0.4) is 0 Å². The number of urea groups is 1. The minimum absolute atomic E-state index is 0.110. The van der Waals surface area contributed by atoms with Crippen LogP contribution in [0.2, 0.25) is 0 Å². The van der Waals surface area contributed by atoms with Crippen molar-refractivity contribution in [1.29, 1.82) is 0 Å². The van der Waals surface area contributed by atoms with Crippen LogP contribution in [0.4, 0.5) is 20.6 Å². The number of hydrogen-bond donors (Lipinski definition) is 2. The van der Waals surface area contributed by atoms with E-state index in [9.17, 15) is 18.5 Å². The van der Waals surface area contributed by atoms with Crippen molar-refractivity contribution in [2.45, 2.75) is 4.90 Å². The van der Waals surface area contributed by atoms with Gasteiger partial charge in [-0.2, -0.15) is 0 Å². The highest BCUT2D eigenvalue weighted by molar-refractivity contribution is 7.84. The smallest absolute Gasteiger partial charge is 0.321 e. The minimum Gasteiger partial charge on any atom is -0.506 e. The number of hydrogen-bond acceptors (Lipinski definition) is 4. The first-order valence-corrected chi connectivity index (χ1v) is 9.73. The second-order valence-corrected chi connectivity index (χ2v) is 7.34. The first-order chi connectivity index (χ1) is 12.5. The number of amides is 2. The van der Waals surface area contributed by atoms with Crippen LogP contribution in [0.5, 0.6) is 5.75 Å². The predicted octanol–water partition coefficient (Wildman–Crippen LogP) is 2.62. The lowest BCUT2D eigenvalue weighted by Crippen LogP contribution is -2.50. The molecule has 138 valence electrons. The number of nitrogens with zero attached hydrogens (tertiary/aromatic N) is 2. The second-order valence-electron chi connectivity index (χ2n) is 5.99. The molecule has 2 aromatic rings. The minimum atomic E-state index is -1.41. The molecule has 0 saturated carbocycles. The molecule has 2 aromatic carbocycles. The molecule has 0 spiro atoms. The molecule has 1 aliphatic heterocycles. The van der Waals surface area contributed by atoms with Crippen molar-refractivity contribution in [2.24, 2.45) is 0 Å². The van der Waals surface area contributed by atoms with Gasteiger partial charge in [-0.05, 0) is 30.3 Å². The molecule has 0 radical (unpaired) electrons. The number of benzene rings is 2. The Hall–Kier alpha value is -2.61. The lowest BCUT2D eigenvalue weighted by molar-refractivity contribution is 0.208. The Labute approximate surface area is 153 Å². The molecule has 8 heteroatoms. The molecule has 0 bridgehead atoms. The topological polar surface area (TPSA) is 72.9 Å². The first kappa shape index (κ1) is 18.2. The summed E-state index contributed by atoms with van der Waals surface area (Å²) in [5, 5.41) is 12.6. The van der Waals surface area contributed by atoms with Crippen molar-refractivity contribution in [2.75, 3.05) is 42.7 Å². The number of piperazine rings is 1. The summed E-state index contributed by atoms with van der Waals surface area (Å²) in [5.41, 5.74) is 1.07. The number of nitrogens with one attached hydrogen (secondary N) is 1. The van der Waals surface area contributed by atoms with E-state index in [0.717, 1.165) is 5.69 Å². The zero-order valence-corrected chi connectivity index (χ0v) is 15.1. The van der Waals surface area contributed by atoms with Gasteiger partial charge in [-0.25, -0.2) is 9.18 Å². The van der Waals surface area contributed by atoms with Crippen LogP contribution in [0.25, 0.3) is 0 Å². The molecule has 0 aromatic heterocycles. The van der Waals surface area contributed by atoms with Crippen molar-refractivity contribution in [1.82, 2.24) is 4.90 Å². The maximum atomic E-state index is 13.9. The van der Waals surface area contributed by atoms with Crippen LogP contribution >= 0.6 is 0 Å². The van der Waals surface area contributed by atoms with Crippen molar-refractivity contribution in [3.63, 3.8) is 0 Å². The second kappa shape index (κ2) is 7.74. The number of halogens is 1. The van der Waals surface area contributed by atoms with Crippen LogP contribution < -0.4 is 10.2 Å². The summed E-state index contributed by atoms with van der Waals surface area (Å²) in [6.45, 7) is 2.15. The summed E-state index contributed by atoms with van der Waals surface area (Å²) in [5.74, 6) is -0.387. The average molecular weight is 377 g/mol. The average Bonchev–Trinajstić information content (AvgIpc) is 2.62. The van der Waals surface area contributed by atoms with Gasteiger partial charge in [-0.15, -0.1) is 0 Å². The van der Waals surface area contributed by atoms with Crippen molar-refractivity contribution in [3.8, 4) is 5.75 Å². The number of phenolic OH excluding ortho intramolecular Hbond substituents is 1. The molecule has 1 heterocycles. The summed E-state index contributed by atoms with van der Waals surface area (Å²) in [7, 11) is -1.41. The summed E-state index contributed by atoms with van der Waals surface area (Å²) < 4.78 is 25.3. The van der Waals surface area contributed by atoms with Crippen LogP contribution in [-0.4, -0.2) is 52.7 Å². The molecule has 6 nitrogen and oxygen atoms in total. The highest BCUT2D eigenvalue weighted by Crippen LogP contribution is 2.27. The van der Waals surface area contributed by atoms with Gasteiger partial charge in [-0.1, -0.05) is 12.1 Å². The van der Waals surface area contributed by atoms with Gasteiger partial charge < -0.3 is 20.2 Å². The van der Waals surface area contributed by atoms with E-state index in [1.54, 1.807) is 17.0 Å². The third-order valence-corrected chi connectivity index (χ3v) is 5.23. The van der Waals surface area contributed by atoms with Crippen molar-refractivity contribution in [3.05, 3.63) is 48.3 Å². The largest absolute Gasteiger partial charge is 0.506 e. The van der Waals surface area contributed by atoms with Crippen LogP contribution in [-0.2, 0) is 10.8 Å². The number of anilines is 2. The SMILES string of the molecule is CS(=O)c1ccc(NC(=O)N2CCN(c3ccccc3O)CC2)cc1F. The van der Waals surface area contributed by atoms with Crippen molar-refractivity contribution < 1.29 is 18.5 Å². The number of phenols is 1. The van der Waals surface area contributed by atoms with E-state index in [4.69, 9.17) is 0 Å². The molecule has 2 amide bonds. The molecule has 0 aliphatic carbocycles. The van der Waals surface area contributed by atoms with Crippen LogP contribution in [0.1, 0.15) is 0 Å². The fourth-order valence-corrected chi connectivity index (χ4v) is 3.49. The van der Waals surface area contributed by atoms with E-state index < -0.39 is 16.6 Å². The van der Waals surface area contributed by atoms with E-state index in [1.165, 1.54) is 24.5 Å². The number of para-hydroxylation sites is 2. The highest BCUT2D eigenvalue weighted by Gasteiger charge is 2.22. The summed E-state index contributed by atoms with van der Waals surface area (Å²) >= 11 is 0. The third kappa shape index (κ3) is 3.96. The van der Waals surface area contributed by atoms with Gasteiger partial charge in [0.05, 0.1) is 21.4 Å². The first-order valence-electron chi connectivity index (χ1n) is 8.17. The normalized spacial score (nSPS) is 15.6. The van der Waals surface area contributed by atoms with Gasteiger partial charge in [0.2, 0.25) is 0 Å². The Kier molecular flexibility index (Phi) is 5.41. The zero-order valence-electron chi connectivity index (χ0n) is 14.3. The summed E-state index contributed by atoms with van der Waals surface area (Å²) in [6, 6.07) is 10.9. The van der Waals surface area contributed by atoms with Gasteiger partial charge in [0.1, 0.15) is 11.6 Å². The molecule has 1 unspecified atom stereocenters. The van der Waals surface area contributed by atoms with Gasteiger partial charge in [0.15, 0.2) is 0 Å². The molecule has 1 aliphatic rings. The number of carbonyl (C=O) groups is 1. The van der Waals surface area contributed by atoms with E-state index in [-0.39, 0.29) is 16.7 Å². The number of aromatic hydroxyl groups is 1. The zero-order chi connectivity index (χ0) is 18.7. The van der Waals surface area contributed by atoms with E-state index in [2.05, 4.69) is 5.32 Å². The quantitative estimate of drug-likeness (QED) is 0.863. The standard InChI is InChI=1S/C18H20FN3O3S/c1-26(25)17-7-6-13(12-14(17)19)20-18(24)22-10-8-21(9-11-22)15-4-2-3-5-16(15)23/h2-7,12,23H,8-11H2,1H3,(H,20,24). The van der Waals surface area contributed by atoms with Gasteiger partial charge >= 0.3 is 6.03 Å². The maximum absolute atomic E-state index is 13.9. The third-order valence-electron chi connectivity index (χ3n) is 4.28. The molecular weight excluding hydrogens is 357 g/mol. The van der Waals surface area contributed by atoms with Crippen LogP contribution in [0.15, 0.2) is 47.4 Å². The Morgan fingerprint density at radius 2 is 1.85 bits per heavy atom. The van der Waals surface area contributed by atoms with E-state index in [0.29, 0.717) is 31.9 Å². The van der Waals surface area contributed by atoms with Gasteiger partial charge in [0.25, 0.3) is 0 Å². The molecule has 1 fully saturated rings. The number of rotatable bonds is 3. The lowest BCUT2D eigenvalue weighted by Gasteiger charge is -2.36.